The first-order valence-corrected chi connectivity index (χ1v) is 9.92. The molecule has 0 saturated carbocycles. The molecule has 0 saturated heterocycles. The van der Waals surface area contributed by atoms with E-state index >= 15 is 0 Å². The van der Waals surface area contributed by atoms with Gasteiger partial charge in [-0.15, -0.1) is 0 Å². The van der Waals surface area contributed by atoms with E-state index in [0.717, 1.165) is 33.4 Å². The Hall–Kier alpha value is -4.58. The van der Waals surface area contributed by atoms with Gasteiger partial charge in [0, 0.05) is 40.1 Å². The van der Waals surface area contributed by atoms with E-state index in [1.807, 2.05) is 48.5 Å². The summed E-state index contributed by atoms with van der Waals surface area (Å²) in [7, 11) is 0. The smallest absolute Gasteiger partial charge is 0.270 e. The lowest BCUT2D eigenvalue weighted by molar-refractivity contribution is -0.384. The number of hydrogen-bond acceptors (Lipinski definition) is 5. The molecule has 4 aromatic carbocycles. The van der Waals surface area contributed by atoms with Crippen LogP contribution in [0.4, 0.5) is 11.4 Å². The van der Waals surface area contributed by atoms with Gasteiger partial charge in [0.2, 0.25) is 0 Å². The quantitative estimate of drug-likeness (QED) is 0.221. The van der Waals surface area contributed by atoms with Crippen molar-refractivity contribution >= 4 is 22.9 Å². The van der Waals surface area contributed by atoms with Gasteiger partial charge in [-0.25, -0.2) is 0 Å². The van der Waals surface area contributed by atoms with Gasteiger partial charge in [0.15, 0.2) is 11.6 Å². The summed E-state index contributed by atoms with van der Waals surface area (Å²) in [5, 5.41) is 10.7. The summed E-state index contributed by atoms with van der Waals surface area (Å²) < 4.78 is 0. The highest BCUT2D eigenvalue weighted by molar-refractivity contribution is 6.22. The van der Waals surface area contributed by atoms with Crippen LogP contribution in [0.3, 0.4) is 0 Å². The lowest BCUT2D eigenvalue weighted by atomic mass is 10.1. The minimum atomic E-state index is -0.490. The van der Waals surface area contributed by atoms with Crippen LogP contribution in [0.15, 0.2) is 84.9 Å². The summed E-state index contributed by atoms with van der Waals surface area (Å²) >= 11 is 0. The number of nitro benzene ring substituents is 1. The molecule has 4 aromatic rings. The average Bonchev–Trinajstić information content (AvgIpc) is 3.26. The second-order valence-electron chi connectivity index (χ2n) is 7.54. The van der Waals surface area contributed by atoms with Crippen molar-refractivity contribution in [1.82, 2.24) is 0 Å². The molecule has 0 radical (unpaired) electrons. The van der Waals surface area contributed by atoms with Crippen molar-refractivity contribution in [2.75, 3.05) is 5.73 Å². The van der Waals surface area contributed by atoms with E-state index in [-0.39, 0.29) is 17.3 Å². The predicted octanol–water partition coefficient (Wildman–Crippen LogP) is 5.29. The number of anilines is 1. The second-order valence-corrected chi connectivity index (χ2v) is 7.54. The molecule has 0 aliphatic heterocycles. The van der Waals surface area contributed by atoms with Crippen LogP contribution in [0, 0.1) is 10.1 Å². The molecule has 154 valence electrons. The van der Waals surface area contributed by atoms with Gasteiger partial charge in [0.1, 0.15) is 0 Å². The van der Waals surface area contributed by atoms with Crippen LogP contribution in [-0.4, -0.2) is 16.5 Å². The van der Waals surface area contributed by atoms with Gasteiger partial charge >= 0.3 is 0 Å². The van der Waals surface area contributed by atoms with E-state index in [9.17, 15) is 19.7 Å². The fraction of sp³-hybridized carbons (Fsp3) is 0. The van der Waals surface area contributed by atoms with Crippen molar-refractivity contribution in [1.29, 1.82) is 0 Å². The maximum atomic E-state index is 12.0. The van der Waals surface area contributed by atoms with Crippen molar-refractivity contribution in [3.8, 4) is 22.3 Å². The molecule has 2 N–H and O–H groups in total. The molecule has 0 atom stereocenters. The van der Waals surface area contributed by atoms with E-state index < -0.39 is 4.92 Å². The summed E-state index contributed by atoms with van der Waals surface area (Å²) in [5.74, 6) is -0.0628. The highest BCUT2D eigenvalue weighted by Crippen LogP contribution is 2.38. The number of fused-ring (bicyclic) bond motifs is 6. The van der Waals surface area contributed by atoms with Crippen molar-refractivity contribution in [3.63, 3.8) is 0 Å². The number of nitrogen functional groups attached to an aromatic ring is 1. The number of carbonyl (C=O) groups excluding carboxylic acids is 2. The topological polar surface area (TPSA) is 103 Å². The van der Waals surface area contributed by atoms with Crippen molar-refractivity contribution in [2.45, 2.75) is 0 Å². The van der Waals surface area contributed by atoms with Crippen LogP contribution in [0.25, 0.3) is 22.3 Å². The largest absolute Gasteiger partial charge is 0.399 e. The van der Waals surface area contributed by atoms with Gasteiger partial charge in [-0.1, -0.05) is 54.6 Å². The van der Waals surface area contributed by atoms with E-state index in [0.29, 0.717) is 16.8 Å². The summed E-state index contributed by atoms with van der Waals surface area (Å²) in [4.78, 5) is 34.2. The van der Waals surface area contributed by atoms with Gasteiger partial charge in [-0.05, 0) is 40.5 Å². The van der Waals surface area contributed by atoms with Crippen LogP contribution in [0.2, 0.25) is 0 Å². The van der Waals surface area contributed by atoms with Crippen LogP contribution in [0.5, 0.6) is 0 Å². The van der Waals surface area contributed by atoms with E-state index in [1.54, 1.807) is 24.3 Å². The van der Waals surface area contributed by atoms with Crippen LogP contribution < -0.4 is 5.73 Å². The molecule has 0 amide bonds. The molecule has 0 fully saturated rings. The zero-order valence-electron chi connectivity index (χ0n) is 16.7. The zero-order chi connectivity index (χ0) is 22.4. The third-order valence-electron chi connectivity index (χ3n) is 5.67. The number of nitrogens with two attached hydrogens (primary N) is 1. The van der Waals surface area contributed by atoms with Gasteiger partial charge in [-0.2, -0.15) is 0 Å². The number of nitrogens with zero attached hydrogens (tertiary/aromatic N) is 1. The Morgan fingerprint density at radius 1 is 0.562 bits per heavy atom. The van der Waals surface area contributed by atoms with Crippen molar-refractivity contribution in [2.24, 2.45) is 0 Å². The Labute approximate surface area is 183 Å². The number of benzene rings is 4. The third kappa shape index (κ3) is 2.97. The number of rotatable bonds is 1. The third-order valence-corrected chi connectivity index (χ3v) is 5.67. The fourth-order valence-electron chi connectivity index (χ4n) is 4.18. The van der Waals surface area contributed by atoms with E-state index in [2.05, 4.69) is 0 Å². The Kier molecular flexibility index (Phi) is 4.41. The Morgan fingerprint density at radius 3 is 1.53 bits per heavy atom. The molecule has 0 unspecified atom stereocenters. The number of nitro groups is 1. The van der Waals surface area contributed by atoms with Gasteiger partial charge in [0.05, 0.1) is 4.92 Å². The number of carbonyl (C=O) groups is 2. The van der Waals surface area contributed by atoms with Gasteiger partial charge in [-0.3, -0.25) is 19.7 Å². The van der Waals surface area contributed by atoms with Crippen LogP contribution in [-0.2, 0) is 0 Å². The first-order chi connectivity index (χ1) is 15.5. The van der Waals surface area contributed by atoms with Gasteiger partial charge < -0.3 is 5.73 Å². The van der Waals surface area contributed by atoms with Gasteiger partial charge in [0.25, 0.3) is 5.69 Å². The standard InChI is InChI=1S/C13H7NO3.C13H9NO/c15-13-11-4-2-1-3-9(11)10-6-5-8(14(16)17)7-12(10)13;14-8-5-6-10-9-3-1-2-4-11(9)13(15)12(10)7-8/h1-7H;1-7H,14H2. The lowest BCUT2D eigenvalue weighted by Gasteiger charge is -1.99. The van der Waals surface area contributed by atoms with E-state index in [1.165, 1.54) is 12.1 Å². The summed E-state index contributed by atoms with van der Waals surface area (Å²) in [6.45, 7) is 0. The summed E-state index contributed by atoms with van der Waals surface area (Å²) in [6, 6.07) is 24.8. The molecule has 0 spiro atoms. The SMILES string of the molecule is Nc1ccc2c(c1)C(=O)c1ccccc1-2.O=C1c2ccccc2-c2ccc([N+](=O)[O-])cc21. The fourth-order valence-corrected chi connectivity index (χ4v) is 4.18. The molecule has 6 nitrogen and oxygen atoms in total. The molecular weight excluding hydrogens is 404 g/mol. The average molecular weight is 420 g/mol. The lowest BCUT2D eigenvalue weighted by Crippen LogP contribution is -1.96. The maximum absolute atomic E-state index is 12.0. The maximum Gasteiger partial charge on any atom is 0.270 e. The first-order valence-electron chi connectivity index (χ1n) is 9.92. The minimum Gasteiger partial charge on any atom is -0.399 e. The highest BCUT2D eigenvalue weighted by atomic mass is 16.6. The highest BCUT2D eigenvalue weighted by Gasteiger charge is 2.28. The first kappa shape index (κ1) is 19.4. The molecule has 6 heteroatoms. The summed E-state index contributed by atoms with van der Waals surface area (Å²) in [5.41, 5.74) is 12.4. The molecule has 0 aromatic heterocycles. The molecule has 6 rings (SSSR count). The van der Waals surface area contributed by atoms with Crippen molar-refractivity contribution < 1.29 is 14.5 Å². The monoisotopic (exact) mass is 420 g/mol. The summed E-state index contributed by atoms with van der Waals surface area (Å²) in [6.07, 6.45) is 0. The molecule has 32 heavy (non-hydrogen) atoms. The van der Waals surface area contributed by atoms with Crippen LogP contribution in [0.1, 0.15) is 31.8 Å². The number of ketones is 2. The molecule has 2 aliphatic carbocycles. The molecule has 0 bridgehead atoms. The van der Waals surface area contributed by atoms with E-state index in [4.69, 9.17) is 5.73 Å². The second kappa shape index (κ2) is 7.28. The minimum absolute atomic E-state index is 0.0510. The number of hydrogen-bond donors (Lipinski definition) is 1. The molecule has 0 heterocycles. The Balaban J connectivity index is 0.000000136. The normalized spacial score (nSPS) is 12.2. The van der Waals surface area contributed by atoms with Crippen molar-refractivity contribution in [3.05, 3.63) is 117 Å². The molecule has 2 aliphatic rings. The predicted molar refractivity (Wildman–Crippen MR) is 122 cm³/mol. The molecular formula is C26H16N2O4. The Morgan fingerprint density at radius 2 is 1.00 bits per heavy atom. The number of non-ortho nitro benzene ring substituents is 1. The Bertz CT molecular complexity index is 1460. The zero-order valence-corrected chi connectivity index (χ0v) is 16.7. The van der Waals surface area contributed by atoms with Crippen LogP contribution >= 0.6 is 0 Å².